The van der Waals surface area contributed by atoms with Crippen molar-refractivity contribution in [2.24, 2.45) is 0 Å². The normalized spacial score (nSPS) is 12.9. The molecule has 1 aromatic rings. The predicted molar refractivity (Wildman–Crippen MR) is 71.3 cm³/mol. The molecule has 0 bridgehead atoms. The first-order valence-electron chi connectivity index (χ1n) is 6.09. The third-order valence-corrected chi connectivity index (χ3v) is 2.34. The van der Waals surface area contributed by atoms with Gasteiger partial charge in [0.2, 0.25) is 0 Å². The maximum Gasteiger partial charge on any atom is 0.181 e. The molecule has 4 heteroatoms. The van der Waals surface area contributed by atoms with E-state index >= 15 is 0 Å². The van der Waals surface area contributed by atoms with Gasteiger partial charge in [0.05, 0.1) is 5.69 Å². The fraction of sp³-hybridized carbons (Fsp3) is 0.571. The van der Waals surface area contributed by atoms with Crippen LogP contribution in [-0.2, 0) is 6.54 Å². The molecule has 0 spiro atoms. The highest BCUT2D eigenvalue weighted by Crippen LogP contribution is 2.19. The summed E-state index contributed by atoms with van der Waals surface area (Å²) in [5.74, 6) is 0.673. The van der Waals surface area contributed by atoms with E-state index in [0.717, 1.165) is 11.4 Å². The Balaban J connectivity index is 2.87. The number of rotatable bonds is 4. The van der Waals surface area contributed by atoms with Crippen LogP contribution >= 0.6 is 0 Å². The van der Waals surface area contributed by atoms with E-state index < -0.39 is 6.10 Å². The minimum absolute atomic E-state index is 0.0174. The van der Waals surface area contributed by atoms with Crippen molar-refractivity contribution in [1.82, 2.24) is 10.3 Å². The molecule has 0 aromatic carbocycles. The van der Waals surface area contributed by atoms with E-state index in [1.165, 1.54) is 0 Å². The lowest BCUT2D eigenvalue weighted by atomic mass is 10.1. The van der Waals surface area contributed by atoms with E-state index in [2.05, 4.69) is 37.1 Å². The molecule has 1 aromatic heterocycles. The van der Waals surface area contributed by atoms with Crippen LogP contribution in [0.4, 0.5) is 0 Å². The number of ether oxygens (including phenoxy) is 1. The molecule has 0 amide bonds. The molecule has 0 aliphatic carbocycles. The molecule has 98 valence electrons. The Morgan fingerprint density at radius 1 is 1.44 bits per heavy atom. The third-order valence-electron chi connectivity index (χ3n) is 2.34. The molecule has 1 rings (SSSR count). The van der Waals surface area contributed by atoms with Crippen molar-refractivity contribution < 1.29 is 4.74 Å². The minimum atomic E-state index is -0.470. The lowest BCUT2D eigenvalue weighted by Crippen LogP contribution is -2.35. The topological polar surface area (TPSA) is 57.9 Å². The van der Waals surface area contributed by atoms with Crippen LogP contribution in [0.1, 0.15) is 39.1 Å². The highest BCUT2D eigenvalue weighted by atomic mass is 16.5. The van der Waals surface area contributed by atoms with Gasteiger partial charge in [0.1, 0.15) is 11.8 Å². The van der Waals surface area contributed by atoms with Crippen molar-refractivity contribution in [3.8, 4) is 11.8 Å². The summed E-state index contributed by atoms with van der Waals surface area (Å²) in [6.07, 6.45) is -0.470. The smallest absolute Gasteiger partial charge is 0.181 e. The fourth-order valence-electron chi connectivity index (χ4n) is 1.40. The second-order valence-corrected chi connectivity index (χ2v) is 5.39. The molecule has 1 atom stereocenters. The molecule has 0 saturated carbocycles. The first kappa shape index (κ1) is 14.5. The van der Waals surface area contributed by atoms with Crippen LogP contribution in [0.15, 0.2) is 12.1 Å². The van der Waals surface area contributed by atoms with E-state index in [1.807, 2.05) is 19.1 Å². The Morgan fingerprint density at radius 2 is 2.11 bits per heavy atom. The summed E-state index contributed by atoms with van der Waals surface area (Å²) in [5, 5.41) is 12.2. The molecule has 0 saturated heterocycles. The lowest BCUT2D eigenvalue weighted by Gasteiger charge is -2.21. The number of nitriles is 1. The van der Waals surface area contributed by atoms with Gasteiger partial charge in [-0.1, -0.05) is 0 Å². The van der Waals surface area contributed by atoms with Crippen LogP contribution in [0, 0.1) is 18.3 Å². The number of hydrogen-bond donors (Lipinski definition) is 1. The molecular weight excluding hydrogens is 226 g/mol. The molecule has 0 radical (unpaired) electrons. The lowest BCUT2D eigenvalue weighted by molar-refractivity contribution is 0.270. The molecule has 4 nitrogen and oxygen atoms in total. The van der Waals surface area contributed by atoms with Crippen LogP contribution in [0.2, 0.25) is 0 Å². The van der Waals surface area contributed by atoms with Crippen LogP contribution in [0.5, 0.6) is 5.75 Å². The highest BCUT2D eigenvalue weighted by molar-refractivity contribution is 5.30. The maximum atomic E-state index is 8.79. The van der Waals surface area contributed by atoms with E-state index in [-0.39, 0.29) is 5.54 Å². The van der Waals surface area contributed by atoms with Gasteiger partial charge in [-0.2, -0.15) is 5.26 Å². The monoisotopic (exact) mass is 247 g/mol. The molecule has 0 aliphatic heterocycles. The summed E-state index contributed by atoms with van der Waals surface area (Å²) in [6, 6.07) is 5.82. The average molecular weight is 247 g/mol. The second-order valence-electron chi connectivity index (χ2n) is 5.39. The van der Waals surface area contributed by atoms with E-state index in [9.17, 15) is 0 Å². The summed E-state index contributed by atoms with van der Waals surface area (Å²) in [6.45, 7) is 10.6. The van der Waals surface area contributed by atoms with Gasteiger partial charge in [0.15, 0.2) is 6.10 Å². The summed E-state index contributed by atoms with van der Waals surface area (Å²) in [5.41, 5.74) is 1.80. The van der Waals surface area contributed by atoms with Crippen LogP contribution in [0.3, 0.4) is 0 Å². The molecule has 18 heavy (non-hydrogen) atoms. The first-order chi connectivity index (χ1) is 8.31. The zero-order chi connectivity index (χ0) is 13.8. The van der Waals surface area contributed by atoms with Crippen molar-refractivity contribution in [3.63, 3.8) is 0 Å². The standard InChI is InChI=1S/C14H21N3O/c1-10-6-7-13(18-11(2)8-15)12(17-10)9-16-14(3,4)5/h6-7,11,16H,9H2,1-5H3. The third kappa shape index (κ3) is 4.72. The Morgan fingerprint density at radius 3 is 2.67 bits per heavy atom. The fourth-order valence-corrected chi connectivity index (χ4v) is 1.40. The van der Waals surface area contributed by atoms with Gasteiger partial charge >= 0.3 is 0 Å². The van der Waals surface area contributed by atoms with Crippen LogP contribution < -0.4 is 10.1 Å². The molecule has 1 heterocycles. The van der Waals surface area contributed by atoms with Crippen molar-refractivity contribution in [3.05, 3.63) is 23.5 Å². The van der Waals surface area contributed by atoms with Gasteiger partial charge in [-0.3, -0.25) is 4.98 Å². The van der Waals surface area contributed by atoms with Crippen molar-refractivity contribution in [1.29, 1.82) is 5.26 Å². The van der Waals surface area contributed by atoms with Crippen molar-refractivity contribution in [2.75, 3.05) is 0 Å². The summed E-state index contributed by atoms with van der Waals surface area (Å²) < 4.78 is 5.55. The van der Waals surface area contributed by atoms with Gasteiger partial charge in [0, 0.05) is 17.8 Å². The largest absolute Gasteiger partial charge is 0.474 e. The van der Waals surface area contributed by atoms with Gasteiger partial charge in [-0.15, -0.1) is 0 Å². The zero-order valence-corrected chi connectivity index (χ0v) is 11.7. The highest BCUT2D eigenvalue weighted by Gasteiger charge is 2.13. The summed E-state index contributed by atoms with van der Waals surface area (Å²) in [4.78, 5) is 4.47. The number of nitrogens with zero attached hydrogens (tertiary/aromatic N) is 2. The number of aryl methyl sites for hydroxylation is 1. The Kier molecular flexibility index (Phi) is 4.69. The predicted octanol–water partition coefficient (Wildman–Crippen LogP) is 2.57. The van der Waals surface area contributed by atoms with Crippen molar-refractivity contribution in [2.45, 2.75) is 52.8 Å². The van der Waals surface area contributed by atoms with Crippen LogP contribution in [0.25, 0.3) is 0 Å². The molecule has 1 unspecified atom stereocenters. The number of hydrogen-bond acceptors (Lipinski definition) is 4. The molecule has 0 fully saturated rings. The number of nitrogens with one attached hydrogen (secondary N) is 1. The number of pyridine rings is 1. The molecule has 0 aliphatic rings. The van der Waals surface area contributed by atoms with E-state index in [4.69, 9.17) is 10.00 Å². The van der Waals surface area contributed by atoms with Gasteiger partial charge in [-0.05, 0) is 46.8 Å². The molecular formula is C14H21N3O. The number of aromatic nitrogens is 1. The van der Waals surface area contributed by atoms with Crippen molar-refractivity contribution >= 4 is 0 Å². The van der Waals surface area contributed by atoms with Gasteiger partial charge in [0.25, 0.3) is 0 Å². The van der Waals surface area contributed by atoms with E-state index in [0.29, 0.717) is 12.3 Å². The van der Waals surface area contributed by atoms with E-state index in [1.54, 1.807) is 6.92 Å². The molecule has 1 N–H and O–H groups in total. The Bertz CT molecular complexity index is 443. The SMILES string of the molecule is Cc1ccc(OC(C)C#N)c(CNC(C)(C)C)n1. The summed E-state index contributed by atoms with van der Waals surface area (Å²) in [7, 11) is 0. The van der Waals surface area contributed by atoms with Gasteiger partial charge < -0.3 is 10.1 Å². The quantitative estimate of drug-likeness (QED) is 0.888. The second kappa shape index (κ2) is 5.83. The Hall–Kier alpha value is -1.60. The zero-order valence-electron chi connectivity index (χ0n) is 11.7. The average Bonchev–Trinajstić information content (AvgIpc) is 2.28. The minimum Gasteiger partial charge on any atom is -0.474 e. The van der Waals surface area contributed by atoms with Gasteiger partial charge in [-0.25, -0.2) is 0 Å². The summed E-state index contributed by atoms with van der Waals surface area (Å²) >= 11 is 0. The van der Waals surface area contributed by atoms with Crippen LogP contribution in [-0.4, -0.2) is 16.6 Å². The first-order valence-corrected chi connectivity index (χ1v) is 6.09. The Labute approximate surface area is 109 Å². The maximum absolute atomic E-state index is 8.79.